The first-order chi connectivity index (χ1) is 12.5. The van der Waals surface area contributed by atoms with E-state index >= 15 is 0 Å². The summed E-state index contributed by atoms with van der Waals surface area (Å²) in [6.45, 7) is 3.81. The Labute approximate surface area is 150 Å². The summed E-state index contributed by atoms with van der Waals surface area (Å²) in [5.74, 6) is -1.75. The average molecular weight is 359 g/mol. The molecular weight excluding hydrogens is 340 g/mol. The number of dihydropyridines is 1. The fraction of sp³-hybridized carbons (Fsp3) is 0.300. The normalized spacial score (nSPS) is 21.3. The van der Waals surface area contributed by atoms with Crippen molar-refractivity contribution in [3.8, 4) is 0 Å². The highest BCUT2D eigenvalue weighted by atomic mass is 19.1. The van der Waals surface area contributed by atoms with Gasteiger partial charge in [-0.25, -0.2) is 13.6 Å². The van der Waals surface area contributed by atoms with Gasteiger partial charge in [0.05, 0.1) is 18.6 Å². The van der Waals surface area contributed by atoms with Crippen molar-refractivity contribution in [2.75, 3.05) is 6.61 Å². The molecule has 136 valence electrons. The van der Waals surface area contributed by atoms with E-state index in [1.165, 1.54) is 18.3 Å². The minimum absolute atomic E-state index is 0.0689. The van der Waals surface area contributed by atoms with Crippen molar-refractivity contribution in [3.63, 3.8) is 0 Å². The summed E-state index contributed by atoms with van der Waals surface area (Å²) in [7, 11) is 0. The van der Waals surface area contributed by atoms with Crippen molar-refractivity contribution in [2.45, 2.75) is 26.5 Å². The molecule has 0 saturated carbocycles. The van der Waals surface area contributed by atoms with Crippen molar-refractivity contribution in [1.82, 2.24) is 0 Å². The molecule has 4 nitrogen and oxygen atoms in total. The van der Waals surface area contributed by atoms with E-state index in [4.69, 9.17) is 9.47 Å². The van der Waals surface area contributed by atoms with E-state index in [2.05, 4.69) is 4.99 Å². The molecule has 26 heavy (non-hydrogen) atoms. The van der Waals surface area contributed by atoms with E-state index in [1.54, 1.807) is 6.92 Å². The fourth-order valence-corrected chi connectivity index (χ4v) is 2.98. The summed E-state index contributed by atoms with van der Waals surface area (Å²) in [6, 6.07) is 3.01. The summed E-state index contributed by atoms with van der Waals surface area (Å²) < 4.78 is 37.7. The Morgan fingerprint density at radius 3 is 2.65 bits per heavy atom. The zero-order valence-electron chi connectivity index (χ0n) is 14.5. The summed E-state index contributed by atoms with van der Waals surface area (Å²) in [6.07, 6.45) is 7.29. The molecule has 0 spiro atoms. The van der Waals surface area contributed by atoms with Gasteiger partial charge < -0.3 is 9.47 Å². The van der Waals surface area contributed by atoms with Crippen LogP contribution in [0, 0.1) is 17.6 Å². The standard InChI is InChI=1S/C20H19F2NO3/c1-3-25-20(24)17-10-23-18-5-4-12(2)6-16(18)19(17)26-11-13-7-14(21)9-15(22)8-13/h4-10,16,18H,3,11H2,1-2H3/t16-,18-/m0/s1. The molecule has 0 bridgehead atoms. The third-order valence-electron chi connectivity index (χ3n) is 4.12. The van der Waals surface area contributed by atoms with E-state index in [0.29, 0.717) is 11.3 Å². The van der Waals surface area contributed by atoms with Crippen LogP contribution in [0.2, 0.25) is 0 Å². The van der Waals surface area contributed by atoms with Gasteiger partial charge in [0.1, 0.15) is 29.6 Å². The molecule has 1 aliphatic carbocycles. The van der Waals surface area contributed by atoms with Crippen LogP contribution in [-0.2, 0) is 20.9 Å². The summed E-state index contributed by atoms with van der Waals surface area (Å²) in [5, 5.41) is 0. The van der Waals surface area contributed by atoms with Gasteiger partial charge in [-0.15, -0.1) is 0 Å². The van der Waals surface area contributed by atoms with Crippen LogP contribution in [0.3, 0.4) is 0 Å². The Hall–Kier alpha value is -2.76. The van der Waals surface area contributed by atoms with Crippen LogP contribution in [0.15, 0.2) is 58.3 Å². The predicted molar refractivity (Wildman–Crippen MR) is 93.5 cm³/mol. The lowest BCUT2D eigenvalue weighted by molar-refractivity contribution is -0.138. The first-order valence-corrected chi connectivity index (χ1v) is 8.36. The minimum atomic E-state index is -0.678. The van der Waals surface area contributed by atoms with Gasteiger partial charge in [0.25, 0.3) is 0 Å². The van der Waals surface area contributed by atoms with Crippen molar-refractivity contribution >= 4 is 12.2 Å². The number of rotatable bonds is 5. The van der Waals surface area contributed by atoms with Gasteiger partial charge in [0.2, 0.25) is 0 Å². The maximum Gasteiger partial charge on any atom is 0.343 e. The van der Waals surface area contributed by atoms with E-state index in [0.717, 1.165) is 11.6 Å². The Morgan fingerprint density at radius 2 is 1.96 bits per heavy atom. The lowest BCUT2D eigenvalue weighted by Crippen LogP contribution is -2.29. The number of halogens is 2. The number of carbonyl (C=O) groups is 1. The van der Waals surface area contributed by atoms with Crippen LogP contribution in [0.5, 0.6) is 0 Å². The zero-order valence-corrected chi connectivity index (χ0v) is 14.5. The molecule has 3 rings (SSSR count). The maximum atomic E-state index is 13.4. The number of allylic oxidation sites excluding steroid dienone is 2. The molecule has 1 heterocycles. The highest BCUT2D eigenvalue weighted by Gasteiger charge is 2.33. The number of aliphatic imine (C=N–C) groups is 1. The van der Waals surface area contributed by atoms with Crippen LogP contribution in [0.4, 0.5) is 8.78 Å². The molecule has 0 saturated heterocycles. The van der Waals surface area contributed by atoms with Gasteiger partial charge >= 0.3 is 5.97 Å². The van der Waals surface area contributed by atoms with Crippen molar-refractivity contribution in [1.29, 1.82) is 0 Å². The molecule has 0 N–H and O–H groups in total. The van der Waals surface area contributed by atoms with Crippen LogP contribution >= 0.6 is 0 Å². The van der Waals surface area contributed by atoms with Gasteiger partial charge in [-0.1, -0.05) is 23.8 Å². The Bertz CT molecular complexity index is 819. The van der Waals surface area contributed by atoms with Crippen LogP contribution < -0.4 is 0 Å². The van der Waals surface area contributed by atoms with Gasteiger partial charge in [0, 0.05) is 12.3 Å². The molecular formula is C20H19F2NO3. The van der Waals surface area contributed by atoms with Crippen molar-refractivity contribution < 1.29 is 23.0 Å². The number of hydrogen-bond acceptors (Lipinski definition) is 4. The van der Waals surface area contributed by atoms with Crippen LogP contribution in [-0.4, -0.2) is 24.8 Å². The average Bonchev–Trinajstić information content (AvgIpc) is 2.58. The topological polar surface area (TPSA) is 47.9 Å². The summed E-state index contributed by atoms with van der Waals surface area (Å²) >= 11 is 0. The lowest BCUT2D eigenvalue weighted by Gasteiger charge is -2.29. The highest BCUT2D eigenvalue weighted by Crippen LogP contribution is 2.33. The number of benzene rings is 1. The van der Waals surface area contributed by atoms with E-state index in [1.807, 2.05) is 25.2 Å². The third-order valence-corrected chi connectivity index (χ3v) is 4.12. The lowest BCUT2D eigenvalue weighted by atomic mass is 9.87. The van der Waals surface area contributed by atoms with Gasteiger partial charge in [-0.3, -0.25) is 4.99 Å². The molecule has 0 amide bonds. The van der Waals surface area contributed by atoms with Crippen molar-refractivity contribution in [3.05, 3.63) is 70.5 Å². The number of hydrogen-bond donors (Lipinski definition) is 0. The number of nitrogens with zero attached hydrogens (tertiary/aromatic N) is 1. The van der Waals surface area contributed by atoms with E-state index < -0.39 is 17.6 Å². The fourth-order valence-electron chi connectivity index (χ4n) is 2.98. The third kappa shape index (κ3) is 3.90. The molecule has 6 heteroatoms. The van der Waals surface area contributed by atoms with Gasteiger partial charge in [-0.2, -0.15) is 0 Å². The maximum absolute atomic E-state index is 13.4. The second-order valence-corrected chi connectivity index (χ2v) is 6.13. The Kier molecular flexibility index (Phi) is 5.30. The molecule has 0 aromatic heterocycles. The van der Waals surface area contributed by atoms with Crippen molar-refractivity contribution in [2.24, 2.45) is 10.9 Å². The molecule has 0 radical (unpaired) electrons. The van der Waals surface area contributed by atoms with E-state index in [9.17, 15) is 13.6 Å². The second kappa shape index (κ2) is 7.64. The monoisotopic (exact) mass is 359 g/mol. The second-order valence-electron chi connectivity index (χ2n) is 6.13. The largest absolute Gasteiger partial charge is 0.492 e. The SMILES string of the molecule is CCOC(=O)C1=C(OCc2cc(F)cc(F)c2)[C@H]2C=C(C)C=C[C@@H]2N=C1. The van der Waals surface area contributed by atoms with Crippen LogP contribution in [0.1, 0.15) is 19.4 Å². The van der Waals surface area contributed by atoms with Gasteiger partial charge in [0.15, 0.2) is 0 Å². The number of esters is 1. The summed E-state index contributed by atoms with van der Waals surface area (Å²) in [5.41, 5.74) is 1.58. The van der Waals surface area contributed by atoms with Crippen LogP contribution in [0.25, 0.3) is 0 Å². The smallest absolute Gasteiger partial charge is 0.343 e. The molecule has 2 atom stereocenters. The minimum Gasteiger partial charge on any atom is -0.492 e. The molecule has 1 aliphatic heterocycles. The Morgan fingerprint density at radius 1 is 1.23 bits per heavy atom. The molecule has 0 unspecified atom stereocenters. The first-order valence-electron chi connectivity index (χ1n) is 8.36. The number of ether oxygens (including phenoxy) is 2. The number of fused-ring (bicyclic) bond motifs is 1. The highest BCUT2D eigenvalue weighted by molar-refractivity contribution is 6.10. The molecule has 2 aliphatic rings. The molecule has 0 fully saturated rings. The molecule has 1 aromatic rings. The first kappa shape index (κ1) is 18.0. The summed E-state index contributed by atoms with van der Waals surface area (Å²) in [4.78, 5) is 16.7. The quantitative estimate of drug-likeness (QED) is 0.750. The molecule has 1 aromatic carbocycles. The Balaban J connectivity index is 1.91. The van der Waals surface area contributed by atoms with Gasteiger partial charge in [-0.05, 0) is 31.5 Å². The predicted octanol–water partition coefficient (Wildman–Crippen LogP) is 3.88. The zero-order chi connectivity index (χ0) is 18.7. The van der Waals surface area contributed by atoms with E-state index in [-0.39, 0.29) is 30.7 Å². The number of carbonyl (C=O) groups excluding carboxylic acids is 1.